The Kier molecular flexibility index (Phi) is 2.82. The van der Waals surface area contributed by atoms with E-state index in [2.05, 4.69) is 0 Å². The van der Waals surface area contributed by atoms with Crippen LogP contribution in [0, 0.1) is 0 Å². The molecule has 0 radical (unpaired) electrons. The third kappa shape index (κ3) is 2.01. The van der Waals surface area contributed by atoms with Crippen LogP contribution in [-0.4, -0.2) is 18.4 Å². The Hall–Kier alpha value is -3.40. The van der Waals surface area contributed by atoms with Crippen LogP contribution in [0.4, 0.5) is 0 Å². The smallest absolute Gasteiger partial charge is 0.231 e. The van der Waals surface area contributed by atoms with E-state index >= 15 is 0 Å². The van der Waals surface area contributed by atoms with Crippen LogP contribution in [0.2, 0.25) is 0 Å². The van der Waals surface area contributed by atoms with Gasteiger partial charge in [-0.05, 0) is 35.4 Å². The standard InChI is InChI=1S/C21H12O4/c22-20-14-7-6-13(12-4-2-1-3-5-12)8-15(14)21(23)17-10-19-18(9-16(17)20)24-11-25-19/h1-10H,11H2. The summed E-state index contributed by atoms with van der Waals surface area (Å²) < 4.78 is 10.7. The number of carbonyl (C=O) groups excluding carboxylic acids is 2. The number of carbonyl (C=O) groups is 2. The van der Waals surface area contributed by atoms with Crippen LogP contribution in [-0.2, 0) is 0 Å². The maximum absolute atomic E-state index is 13.0. The van der Waals surface area contributed by atoms with E-state index in [4.69, 9.17) is 9.47 Å². The number of ketones is 2. The molecule has 0 amide bonds. The van der Waals surface area contributed by atoms with Crippen LogP contribution in [0.15, 0.2) is 60.7 Å². The molecule has 0 saturated carbocycles. The lowest BCUT2D eigenvalue weighted by atomic mass is 9.82. The summed E-state index contributed by atoms with van der Waals surface area (Å²) in [5, 5.41) is 0. The molecule has 0 aromatic heterocycles. The fourth-order valence-electron chi connectivity index (χ4n) is 3.35. The quantitative estimate of drug-likeness (QED) is 0.532. The third-order valence-electron chi connectivity index (χ3n) is 4.62. The Labute approximate surface area is 143 Å². The molecule has 0 atom stereocenters. The van der Waals surface area contributed by atoms with Crippen molar-refractivity contribution in [2.75, 3.05) is 6.79 Å². The van der Waals surface area contributed by atoms with Crippen LogP contribution < -0.4 is 9.47 Å². The number of ether oxygens (including phenoxy) is 2. The molecule has 3 aromatic rings. The zero-order valence-corrected chi connectivity index (χ0v) is 13.1. The van der Waals surface area contributed by atoms with E-state index in [1.807, 2.05) is 36.4 Å². The van der Waals surface area contributed by atoms with Crippen molar-refractivity contribution in [2.45, 2.75) is 0 Å². The maximum Gasteiger partial charge on any atom is 0.231 e. The highest BCUT2D eigenvalue weighted by Gasteiger charge is 2.32. The Morgan fingerprint density at radius 2 is 1.20 bits per heavy atom. The van der Waals surface area contributed by atoms with Gasteiger partial charge in [0.05, 0.1) is 0 Å². The Morgan fingerprint density at radius 3 is 1.88 bits per heavy atom. The van der Waals surface area contributed by atoms with Crippen molar-refractivity contribution < 1.29 is 19.1 Å². The van der Waals surface area contributed by atoms with Crippen LogP contribution in [0.1, 0.15) is 31.8 Å². The van der Waals surface area contributed by atoms with Gasteiger partial charge >= 0.3 is 0 Å². The van der Waals surface area contributed by atoms with Crippen molar-refractivity contribution in [3.05, 3.63) is 82.9 Å². The molecular weight excluding hydrogens is 316 g/mol. The van der Waals surface area contributed by atoms with E-state index in [0.717, 1.165) is 11.1 Å². The summed E-state index contributed by atoms with van der Waals surface area (Å²) in [7, 11) is 0. The largest absolute Gasteiger partial charge is 0.454 e. The lowest BCUT2D eigenvalue weighted by Gasteiger charge is -2.18. The average molecular weight is 328 g/mol. The van der Waals surface area contributed by atoms with Gasteiger partial charge in [0.15, 0.2) is 23.1 Å². The zero-order valence-electron chi connectivity index (χ0n) is 13.1. The zero-order chi connectivity index (χ0) is 17.0. The van der Waals surface area contributed by atoms with Gasteiger partial charge in [0.2, 0.25) is 6.79 Å². The van der Waals surface area contributed by atoms with Crippen LogP contribution >= 0.6 is 0 Å². The summed E-state index contributed by atoms with van der Waals surface area (Å²) in [6.45, 7) is 0.103. The maximum atomic E-state index is 13.0. The second-order valence-electron chi connectivity index (χ2n) is 6.04. The van der Waals surface area contributed by atoms with Crippen molar-refractivity contribution >= 4 is 11.6 Å². The molecule has 4 heteroatoms. The molecule has 0 unspecified atom stereocenters. The predicted octanol–water partition coefficient (Wildman–Crippen LogP) is 3.86. The Bertz CT molecular complexity index is 1050. The predicted molar refractivity (Wildman–Crippen MR) is 91.3 cm³/mol. The van der Waals surface area contributed by atoms with Gasteiger partial charge in [-0.25, -0.2) is 0 Å². The first-order valence-electron chi connectivity index (χ1n) is 7.95. The summed E-state index contributed by atoms with van der Waals surface area (Å²) >= 11 is 0. The first-order valence-corrected chi connectivity index (χ1v) is 7.95. The molecule has 120 valence electrons. The third-order valence-corrected chi connectivity index (χ3v) is 4.62. The van der Waals surface area contributed by atoms with Crippen molar-refractivity contribution in [3.8, 4) is 22.6 Å². The van der Waals surface area contributed by atoms with Crippen molar-refractivity contribution in [3.63, 3.8) is 0 Å². The van der Waals surface area contributed by atoms with Crippen molar-refractivity contribution in [1.82, 2.24) is 0 Å². The number of fused-ring (bicyclic) bond motifs is 3. The van der Waals surface area contributed by atoms with Gasteiger partial charge in [-0.2, -0.15) is 0 Å². The number of hydrogen-bond donors (Lipinski definition) is 0. The van der Waals surface area contributed by atoms with Crippen LogP contribution in [0.3, 0.4) is 0 Å². The summed E-state index contributed by atoms with van der Waals surface area (Å²) in [5.74, 6) is 0.676. The molecule has 4 nitrogen and oxygen atoms in total. The van der Waals surface area contributed by atoms with Crippen molar-refractivity contribution in [1.29, 1.82) is 0 Å². The summed E-state index contributed by atoms with van der Waals surface area (Å²) in [5.41, 5.74) is 3.50. The molecule has 25 heavy (non-hydrogen) atoms. The van der Waals surface area contributed by atoms with E-state index in [0.29, 0.717) is 33.8 Å². The lowest BCUT2D eigenvalue weighted by molar-refractivity contribution is 0.0979. The minimum atomic E-state index is -0.166. The minimum Gasteiger partial charge on any atom is -0.454 e. The summed E-state index contributed by atoms with van der Waals surface area (Å²) in [6.07, 6.45) is 0. The van der Waals surface area contributed by atoms with Gasteiger partial charge in [-0.1, -0.05) is 36.4 Å². The van der Waals surface area contributed by atoms with Gasteiger partial charge in [0.25, 0.3) is 0 Å². The Morgan fingerprint density at radius 1 is 0.600 bits per heavy atom. The molecular formula is C21H12O4. The highest BCUT2D eigenvalue weighted by atomic mass is 16.7. The monoisotopic (exact) mass is 328 g/mol. The molecule has 0 bridgehead atoms. The molecule has 3 aromatic carbocycles. The summed E-state index contributed by atoms with van der Waals surface area (Å²) in [4.78, 5) is 25.8. The van der Waals surface area contributed by atoms with E-state index in [1.54, 1.807) is 24.3 Å². The van der Waals surface area contributed by atoms with Gasteiger partial charge in [-0.3, -0.25) is 9.59 Å². The first-order chi connectivity index (χ1) is 12.2. The molecule has 0 spiro atoms. The molecule has 0 N–H and O–H groups in total. The van der Waals surface area contributed by atoms with Gasteiger partial charge in [0, 0.05) is 22.3 Å². The molecule has 1 heterocycles. The van der Waals surface area contributed by atoms with Crippen LogP contribution in [0.25, 0.3) is 11.1 Å². The van der Waals surface area contributed by atoms with E-state index in [9.17, 15) is 9.59 Å². The molecule has 0 saturated heterocycles. The van der Waals surface area contributed by atoms with Gasteiger partial charge < -0.3 is 9.47 Å². The van der Waals surface area contributed by atoms with E-state index < -0.39 is 0 Å². The second-order valence-corrected chi connectivity index (χ2v) is 6.04. The SMILES string of the molecule is O=C1c2ccc(-c3ccccc3)cc2C(=O)c2cc3c(cc21)OCO3. The van der Waals surface area contributed by atoms with Crippen molar-refractivity contribution in [2.24, 2.45) is 0 Å². The molecule has 1 aliphatic heterocycles. The average Bonchev–Trinajstić information content (AvgIpc) is 3.13. The topological polar surface area (TPSA) is 52.6 Å². The molecule has 2 aliphatic rings. The van der Waals surface area contributed by atoms with Crippen LogP contribution in [0.5, 0.6) is 11.5 Å². The molecule has 0 fully saturated rings. The van der Waals surface area contributed by atoms with Gasteiger partial charge in [0.1, 0.15) is 0 Å². The summed E-state index contributed by atoms with van der Waals surface area (Å²) in [6, 6.07) is 18.4. The minimum absolute atomic E-state index is 0.103. The molecule has 5 rings (SSSR count). The first kappa shape index (κ1) is 14.0. The van der Waals surface area contributed by atoms with Gasteiger partial charge in [-0.15, -0.1) is 0 Å². The highest BCUT2D eigenvalue weighted by Crippen LogP contribution is 2.39. The number of rotatable bonds is 1. The fraction of sp³-hybridized carbons (Fsp3) is 0.0476. The normalized spacial score (nSPS) is 14.2. The van der Waals surface area contributed by atoms with E-state index in [1.165, 1.54) is 0 Å². The highest BCUT2D eigenvalue weighted by molar-refractivity contribution is 6.29. The second kappa shape index (κ2) is 5.05. The number of benzene rings is 3. The lowest BCUT2D eigenvalue weighted by Crippen LogP contribution is -2.20. The van der Waals surface area contributed by atoms with E-state index in [-0.39, 0.29) is 18.4 Å². The number of hydrogen-bond acceptors (Lipinski definition) is 4. The molecule has 1 aliphatic carbocycles. The Balaban J connectivity index is 1.68. The fourth-order valence-corrected chi connectivity index (χ4v) is 3.35.